The average Bonchev–Trinajstić information content (AvgIpc) is 3.04. The molecule has 1 amide bonds. The van der Waals surface area contributed by atoms with Crippen molar-refractivity contribution >= 4 is 5.91 Å². The third-order valence-corrected chi connectivity index (χ3v) is 4.13. The third-order valence-electron chi connectivity index (χ3n) is 4.13. The van der Waals surface area contributed by atoms with Crippen LogP contribution in [0, 0.1) is 17.5 Å². The largest absolute Gasteiger partial charge is 0.441 e. The number of aromatic nitrogens is 2. The molecule has 0 aliphatic carbocycles. The van der Waals surface area contributed by atoms with Crippen LogP contribution in [0.4, 0.5) is 13.2 Å². The molecule has 0 fully saturated rings. The fourth-order valence-electron chi connectivity index (χ4n) is 2.89. The van der Waals surface area contributed by atoms with Gasteiger partial charge in [0.25, 0.3) is 5.91 Å². The van der Waals surface area contributed by atoms with Crippen LogP contribution in [-0.2, 0) is 13.0 Å². The minimum absolute atomic E-state index is 0.0700. The van der Waals surface area contributed by atoms with Gasteiger partial charge in [-0.15, -0.1) is 0 Å². The summed E-state index contributed by atoms with van der Waals surface area (Å²) < 4.78 is 46.1. The van der Waals surface area contributed by atoms with Gasteiger partial charge >= 0.3 is 0 Å². The van der Waals surface area contributed by atoms with Crippen molar-refractivity contribution in [1.29, 1.82) is 0 Å². The first kappa shape index (κ1) is 16.3. The first-order chi connectivity index (χ1) is 12.5. The molecule has 5 nitrogen and oxygen atoms in total. The highest BCUT2D eigenvalue weighted by molar-refractivity contribution is 5.94. The van der Waals surface area contributed by atoms with E-state index in [2.05, 4.69) is 9.97 Å². The Morgan fingerprint density at radius 1 is 1.15 bits per heavy atom. The van der Waals surface area contributed by atoms with Crippen LogP contribution >= 0.6 is 0 Å². The molecule has 3 heterocycles. The zero-order valence-corrected chi connectivity index (χ0v) is 13.4. The molecule has 8 heteroatoms. The Labute approximate surface area is 146 Å². The molecular weight excluding hydrogens is 347 g/mol. The summed E-state index contributed by atoms with van der Waals surface area (Å²) in [6, 6.07) is 4.32. The van der Waals surface area contributed by atoms with Gasteiger partial charge in [-0.25, -0.2) is 18.2 Å². The molecule has 2 aromatic heterocycles. The molecule has 0 spiro atoms. The Morgan fingerprint density at radius 2 is 1.92 bits per heavy atom. The molecule has 3 aromatic rings. The van der Waals surface area contributed by atoms with Gasteiger partial charge in [0.05, 0.1) is 18.3 Å². The molecule has 26 heavy (non-hydrogen) atoms. The smallest absolute Gasteiger partial charge is 0.257 e. The molecular formula is C18H12F3N3O2. The SMILES string of the molecule is O=C(c1ccncc1F)N1CCc2oc(-c3cc(F)cc(F)c3)nc2C1. The topological polar surface area (TPSA) is 59.2 Å². The number of amides is 1. The second-order valence-electron chi connectivity index (χ2n) is 5.88. The quantitative estimate of drug-likeness (QED) is 0.704. The zero-order chi connectivity index (χ0) is 18.3. The van der Waals surface area contributed by atoms with Crippen LogP contribution in [0.15, 0.2) is 41.1 Å². The molecule has 4 rings (SSSR count). The van der Waals surface area contributed by atoms with Crippen LogP contribution in [0.2, 0.25) is 0 Å². The van der Waals surface area contributed by atoms with E-state index >= 15 is 0 Å². The monoisotopic (exact) mass is 359 g/mol. The number of hydrogen-bond donors (Lipinski definition) is 0. The minimum atomic E-state index is -0.735. The van der Waals surface area contributed by atoms with Gasteiger partial charge < -0.3 is 9.32 Å². The molecule has 0 radical (unpaired) electrons. The van der Waals surface area contributed by atoms with Crippen LogP contribution in [0.1, 0.15) is 21.8 Å². The van der Waals surface area contributed by atoms with E-state index in [4.69, 9.17) is 4.42 Å². The van der Waals surface area contributed by atoms with Crippen molar-refractivity contribution in [2.45, 2.75) is 13.0 Å². The summed E-state index contributed by atoms with van der Waals surface area (Å²) >= 11 is 0. The highest BCUT2D eigenvalue weighted by Gasteiger charge is 2.28. The lowest BCUT2D eigenvalue weighted by molar-refractivity contribution is 0.0723. The van der Waals surface area contributed by atoms with Crippen molar-refractivity contribution in [3.63, 3.8) is 0 Å². The molecule has 1 aromatic carbocycles. The van der Waals surface area contributed by atoms with Crippen LogP contribution in [0.3, 0.4) is 0 Å². The van der Waals surface area contributed by atoms with E-state index in [-0.39, 0.29) is 23.6 Å². The van der Waals surface area contributed by atoms with Gasteiger partial charge in [0.1, 0.15) is 23.1 Å². The molecule has 0 unspecified atom stereocenters. The number of benzene rings is 1. The maximum absolute atomic E-state index is 13.8. The Bertz CT molecular complexity index is 983. The van der Waals surface area contributed by atoms with Gasteiger partial charge in [0, 0.05) is 30.8 Å². The van der Waals surface area contributed by atoms with Crippen molar-refractivity contribution in [1.82, 2.24) is 14.9 Å². The molecule has 1 aliphatic rings. The van der Waals surface area contributed by atoms with Crippen LogP contribution < -0.4 is 0 Å². The highest BCUT2D eigenvalue weighted by Crippen LogP contribution is 2.28. The first-order valence-electron chi connectivity index (χ1n) is 7.85. The number of rotatable bonds is 2. The number of carbonyl (C=O) groups is 1. The zero-order valence-electron chi connectivity index (χ0n) is 13.4. The fourth-order valence-corrected chi connectivity index (χ4v) is 2.89. The second kappa shape index (κ2) is 6.29. The normalized spacial score (nSPS) is 13.6. The molecule has 1 aliphatic heterocycles. The number of halogens is 3. The third kappa shape index (κ3) is 2.94. The lowest BCUT2D eigenvalue weighted by Gasteiger charge is -2.25. The van der Waals surface area contributed by atoms with Gasteiger partial charge in [-0.1, -0.05) is 0 Å². The van der Waals surface area contributed by atoms with Crippen molar-refractivity contribution in [2.24, 2.45) is 0 Å². The molecule has 0 atom stereocenters. The maximum atomic E-state index is 13.8. The van der Waals surface area contributed by atoms with E-state index in [0.717, 1.165) is 24.4 Å². The fraction of sp³-hybridized carbons (Fsp3) is 0.167. The van der Waals surface area contributed by atoms with Gasteiger partial charge in [-0.2, -0.15) is 0 Å². The van der Waals surface area contributed by atoms with Crippen molar-refractivity contribution in [3.8, 4) is 11.5 Å². The minimum Gasteiger partial charge on any atom is -0.441 e. The van der Waals surface area contributed by atoms with E-state index < -0.39 is 23.4 Å². The number of fused-ring (bicyclic) bond motifs is 1. The summed E-state index contributed by atoms with van der Waals surface area (Å²) in [6.45, 7) is 0.441. The maximum Gasteiger partial charge on any atom is 0.257 e. The predicted molar refractivity (Wildman–Crippen MR) is 84.5 cm³/mol. The molecule has 132 valence electrons. The summed E-state index contributed by atoms with van der Waals surface area (Å²) in [5.41, 5.74) is 0.591. The number of oxazole rings is 1. The molecule has 0 N–H and O–H groups in total. The van der Waals surface area contributed by atoms with Crippen LogP contribution in [0.25, 0.3) is 11.5 Å². The van der Waals surface area contributed by atoms with Crippen molar-refractivity contribution in [2.75, 3.05) is 6.54 Å². The van der Waals surface area contributed by atoms with Gasteiger partial charge in [0.2, 0.25) is 5.89 Å². The Kier molecular flexibility index (Phi) is 3.95. The van der Waals surface area contributed by atoms with Gasteiger partial charge in [-0.05, 0) is 18.2 Å². The van der Waals surface area contributed by atoms with Gasteiger partial charge in [0.15, 0.2) is 5.82 Å². The molecule has 0 saturated carbocycles. The van der Waals surface area contributed by atoms with Crippen molar-refractivity contribution < 1.29 is 22.4 Å². The highest BCUT2D eigenvalue weighted by atomic mass is 19.1. The van der Waals surface area contributed by atoms with Crippen LogP contribution in [0.5, 0.6) is 0 Å². The molecule has 0 bridgehead atoms. The number of hydrogen-bond acceptors (Lipinski definition) is 4. The summed E-state index contributed by atoms with van der Waals surface area (Å²) in [5, 5.41) is 0. The van der Waals surface area contributed by atoms with E-state index in [1.807, 2.05) is 0 Å². The van der Waals surface area contributed by atoms with E-state index in [1.54, 1.807) is 0 Å². The molecule has 0 saturated heterocycles. The van der Waals surface area contributed by atoms with Gasteiger partial charge in [-0.3, -0.25) is 9.78 Å². The first-order valence-corrected chi connectivity index (χ1v) is 7.85. The van der Waals surface area contributed by atoms with E-state index in [0.29, 0.717) is 24.4 Å². The Balaban J connectivity index is 1.61. The van der Waals surface area contributed by atoms with E-state index in [1.165, 1.54) is 17.2 Å². The lowest BCUT2D eigenvalue weighted by Crippen LogP contribution is -2.36. The number of pyridine rings is 1. The number of nitrogens with zero attached hydrogens (tertiary/aromatic N) is 3. The lowest BCUT2D eigenvalue weighted by atomic mass is 10.1. The summed E-state index contributed by atoms with van der Waals surface area (Å²) in [7, 11) is 0. The van der Waals surface area contributed by atoms with E-state index in [9.17, 15) is 18.0 Å². The summed E-state index contributed by atoms with van der Waals surface area (Å²) in [4.78, 5) is 21.8. The predicted octanol–water partition coefficient (Wildman–Crippen LogP) is 3.35. The summed E-state index contributed by atoms with van der Waals surface area (Å²) in [5.74, 6) is -2.01. The average molecular weight is 359 g/mol. The Morgan fingerprint density at radius 3 is 2.65 bits per heavy atom. The van der Waals surface area contributed by atoms with Crippen molar-refractivity contribution in [3.05, 3.63) is 71.1 Å². The summed E-state index contributed by atoms with van der Waals surface area (Å²) in [6.07, 6.45) is 2.70. The van der Waals surface area contributed by atoms with Crippen LogP contribution in [-0.4, -0.2) is 27.3 Å². The standard InChI is InChI=1S/C18H12F3N3O2/c19-11-5-10(6-12(20)7-11)17-23-15-9-24(4-2-16(15)26-17)18(25)13-1-3-22-8-14(13)21/h1,3,5-8H,2,4,9H2. The number of carbonyl (C=O) groups excluding carboxylic acids is 1. The second-order valence-corrected chi connectivity index (χ2v) is 5.88. The Hall–Kier alpha value is -3.16.